The van der Waals surface area contributed by atoms with Gasteiger partial charge in [-0.25, -0.2) is 0 Å². The summed E-state index contributed by atoms with van der Waals surface area (Å²) in [5.41, 5.74) is 4.68. The molecule has 24 heavy (non-hydrogen) atoms. The Morgan fingerprint density at radius 2 is 1.38 bits per heavy atom. The van der Waals surface area contributed by atoms with Gasteiger partial charge in [-0.1, -0.05) is 84.9 Å². The molecule has 3 aromatic carbocycles. The van der Waals surface area contributed by atoms with Crippen LogP contribution in [0.5, 0.6) is 0 Å². The van der Waals surface area contributed by atoms with Crippen molar-refractivity contribution in [2.45, 2.75) is 20.0 Å². The lowest BCUT2D eigenvalue weighted by Crippen LogP contribution is -2.02. The molecular weight excluding hydrogens is 292 g/mol. The molecule has 0 N–H and O–H groups in total. The molecule has 0 aliphatic rings. The van der Waals surface area contributed by atoms with Crippen LogP contribution in [0.4, 0.5) is 0 Å². The highest BCUT2D eigenvalue weighted by molar-refractivity contribution is 5.77. The van der Waals surface area contributed by atoms with Gasteiger partial charge in [-0.15, -0.1) is 0 Å². The molecule has 0 radical (unpaired) electrons. The maximum Gasteiger partial charge on any atom is 0.128 e. The van der Waals surface area contributed by atoms with Gasteiger partial charge in [-0.05, 0) is 36.6 Å². The van der Waals surface area contributed by atoms with E-state index in [1.165, 1.54) is 11.1 Å². The van der Waals surface area contributed by atoms with Crippen LogP contribution in [0.15, 0.2) is 84.9 Å². The number of benzene rings is 3. The van der Waals surface area contributed by atoms with Gasteiger partial charge in [0.1, 0.15) is 11.9 Å². The Morgan fingerprint density at radius 3 is 2.04 bits per heavy atom. The minimum atomic E-state index is -0.0126. The molecule has 0 spiro atoms. The van der Waals surface area contributed by atoms with Crippen LogP contribution in [0.1, 0.15) is 35.3 Å². The molecule has 3 aromatic rings. The van der Waals surface area contributed by atoms with Crippen molar-refractivity contribution in [1.29, 1.82) is 0 Å². The topological polar surface area (TPSA) is 9.23 Å². The summed E-state index contributed by atoms with van der Waals surface area (Å²) in [5.74, 6) is 0.887. The lowest BCUT2D eigenvalue weighted by atomic mass is 10.0. The van der Waals surface area contributed by atoms with E-state index in [-0.39, 0.29) is 6.10 Å². The average Bonchev–Trinajstić information content (AvgIpc) is 2.63. The Balaban J connectivity index is 1.94. The van der Waals surface area contributed by atoms with Gasteiger partial charge in [-0.2, -0.15) is 0 Å². The van der Waals surface area contributed by atoms with Gasteiger partial charge in [-0.3, -0.25) is 0 Å². The van der Waals surface area contributed by atoms with Gasteiger partial charge in [0.2, 0.25) is 0 Å². The van der Waals surface area contributed by atoms with E-state index in [1.807, 2.05) is 36.4 Å². The largest absolute Gasteiger partial charge is 0.485 e. The summed E-state index contributed by atoms with van der Waals surface area (Å²) in [4.78, 5) is 0. The fourth-order valence-electron chi connectivity index (χ4n) is 2.79. The van der Waals surface area contributed by atoms with Gasteiger partial charge in [0, 0.05) is 5.56 Å². The van der Waals surface area contributed by atoms with Crippen molar-refractivity contribution >= 4 is 11.8 Å². The standard InChI is InChI=1S/C23H22O/c1-18-11-9-10-16-22(18)19(2)24-23(21-14-7-4-8-15-21)17-20-12-5-3-6-13-20/h3-17,19H,1-2H3/b23-17-. The van der Waals surface area contributed by atoms with Crippen LogP contribution in [-0.4, -0.2) is 0 Å². The van der Waals surface area contributed by atoms with E-state index in [9.17, 15) is 0 Å². The van der Waals surface area contributed by atoms with Crippen molar-refractivity contribution in [3.63, 3.8) is 0 Å². The first kappa shape index (κ1) is 16.1. The maximum atomic E-state index is 6.37. The van der Waals surface area contributed by atoms with Crippen molar-refractivity contribution in [1.82, 2.24) is 0 Å². The Morgan fingerprint density at radius 1 is 0.792 bits per heavy atom. The van der Waals surface area contributed by atoms with Gasteiger partial charge < -0.3 is 4.74 Å². The van der Waals surface area contributed by atoms with Crippen molar-refractivity contribution in [3.05, 3.63) is 107 Å². The van der Waals surface area contributed by atoms with E-state index in [0.29, 0.717) is 0 Å². The molecule has 120 valence electrons. The van der Waals surface area contributed by atoms with Gasteiger partial charge >= 0.3 is 0 Å². The molecule has 0 fully saturated rings. The van der Waals surface area contributed by atoms with Gasteiger partial charge in [0.05, 0.1) is 0 Å². The molecule has 0 bridgehead atoms. The van der Waals surface area contributed by atoms with Crippen LogP contribution < -0.4 is 0 Å². The molecule has 0 saturated heterocycles. The van der Waals surface area contributed by atoms with E-state index < -0.39 is 0 Å². The molecule has 1 unspecified atom stereocenters. The molecule has 0 amide bonds. The third kappa shape index (κ3) is 3.94. The zero-order chi connectivity index (χ0) is 16.8. The third-order valence-electron chi connectivity index (χ3n) is 4.09. The first-order valence-electron chi connectivity index (χ1n) is 8.28. The second-order valence-electron chi connectivity index (χ2n) is 5.90. The Bertz CT molecular complexity index is 804. The van der Waals surface area contributed by atoms with E-state index in [1.54, 1.807) is 0 Å². The summed E-state index contributed by atoms with van der Waals surface area (Å²) >= 11 is 0. The highest BCUT2D eigenvalue weighted by atomic mass is 16.5. The van der Waals surface area contributed by atoms with Crippen molar-refractivity contribution in [2.24, 2.45) is 0 Å². The molecule has 1 nitrogen and oxygen atoms in total. The second kappa shape index (κ2) is 7.65. The Labute approximate surface area is 144 Å². The van der Waals surface area contributed by atoms with E-state index >= 15 is 0 Å². The molecule has 0 aliphatic carbocycles. The third-order valence-corrected chi connectivity index (χ3v) is 4.09. The first-order chi connectivity index (χ1) is 11.7. The fourth-order valence-corrected chi connectivity index (χ4v) is 2.79. The van der Waals surface area contributed by atoms with Crippen LogP contribution in [0.2, 0.25) is 0 Å². The summed E-state index contributed by atoms with van der Waals surface area (Å²) in [7, 11) is 0. The van der Waals surface area contributed by atoms with Crippen molar-refractivity contribution in [3.8, 4) is 0 Å². The lowest BCUT2D eigenvalue weighted by Gasteiger charge is -2.20. The number of hydrogen-bond acceptors (Lipinski definition) is 1. The molecule has 0 aliphatic heterocycles. The van der Waals surface area contributed by atoms with Crippen molar-refractivity contribution in [2.75, 3.05) is 0 Å². The Hall–Kier alpha value is -2.80. The zero-order valence-corrected chi connectivity index (χ0v) is 14.1. The number of hydrogen-bond donors (Lipinski definition) is 0. The normalized spacial score (nSPS) is 12.7. The summed E-state index contributed by atoms with van der Waals surface area (Å²) in [6, 6.07) is 28.9. The summed E-state index contributed by atoms with van der Waals surface area (Å²) < 4.78 is 6.37. The average molecular weight is 314 g/mol. The molecule has 0 heterocycles. The van der Waals surface area contributed by atoms with E-state index in [2.05, 4.69) is 68.5 Å². The molecule has 1 heteroatoms. The zero-order valence-electron chi connectivity index (χ0n) is 14.1. The van der Waals surface area contributed by atoms with Crippen molar-refractivity contribution < 1.29 is 4.74 Å². The summed E-state index contributed by atoms with van der Waals surface area (Å²) in [6.45, 7) is 4.22. The van der Waals surface area contributed by atoms with Crippen LogP contribution in [0, 0.1) is 6.92 Å². The second-order valence-corrected chi connectivity index (χ2v) is 5.90. The fraction of sp³-hybridized carbons (Fsp3) is 0.130. The lowest BCUT2D eigenvalue weighted by molar-refractivity contribution is 0.189. The highest BCUT2D eigenvalue weighted by Gasteiger charge is 2.12. The van der Waals surface area contributed by atoms with Crippen LogP contribution in [0.25, 0.3) is 11.8 Å². The maximum absolute atomic E-state index is 6.37. The minimum Gasteiger partial charge on any atom is -0.485 e. The number of aryl methyl sites for hydroxylation is 1. The molecule has 1 atom stereocenters. The number of rotatable bonds is 5. The number of ether oxygens (including phenoxy) is 1. The van der Waals surface area contributed by atoms with Gasteiger partial charge in [0.25, 0.3) is 0 Å². The highest BCUT2D eigenvalue weighted by Crippen LogP contribution is 2.29. The summed E-state index contributed by atoms with van der Waals surface area (Å²) in [6.07, 6.45) is 2.09. The van der Waals surface area contributed by atoms with Crippen LogP contribution in [-0.2, 0) is 4.74 Å². The predicted octanol–water partition coefficient (Wildman–Crippen LogP) is 6.27. The monoisotopic (exact) mass is 314 g/mol. The SMILES string of the molecule is Cc1ccccc1C(C)O/C(=C\c1ccccc1)c1ccccc1. The quantitative estimate of drug-likeness (QED) is 0.398. The molecule has 0 aromatic heterocycles. The Kier molecular flexibility index (Phi) is 5.12. The van der Waals surface area contributed by atoms with Gasteiger partial charge in [0.15, 0.2) is 0 Å². The predicted molar refractivity (Wildman–Crippen MR) is 101 cm³/mol. The van der Waals surface area contributed by atoms with Crippen LogP contribution in [0.3, 0.4) is 0 Å². The van der Waals surface area contributed by atoms with E-state index in [0.717, 1.165) is 16.9 Å². The minimum absolute atomic E-state index is 0.0126. The van der Waals surface area contributed by atoms with Crippen LogP contribution >= 0.6 is 0 Å². The smallest absolute Gasteiger partial charge is 0.128 e. The summed E-state index contributed by atoms with van der Waals surface area (Å²) in [5, 5.41) is 0. The first-order valence-corrected chi connectivity index (χ1v) is 8.28. The molecule has 0 saturated carbocycles. The molecule has 3 rings (SSSR count). The molecular formula is C23H22O. The van der Waals surface area contributed by atoms with E-state index in [4.69, 9.17) is 4.74 Å².